The number of aliphatic carboxylic acids is 1. The lowest BCUT2D eigenvalue weighted by Crippen LogP contribution is -2.35. The minimum absolute atomic E-state index is 0.165. The van der Waals surface area contributed by atoms with Crippen molar-refractivity contribution in [2.75, 3.05) is 10.8 Å². The maximum absolute atomic E-state index is 13.0. The maximum atomic E-state index is 13.0. The number of benzene rings is 2. The van der Waals surface area contributed by atoms with Gasteiger partial charge in [-0.25, -0.2) is 12.8 Å². The molecule has 0 fully saturated rings. The van der Waals surface area contributed by atoms with Crippen molar-refractivity contribution < 1.29 is 22.7 Å². The van der Waals surface area contributed by atoms with E-state index < -0.39 is 28.4 Å². The van der Waals surface area contributed by atoms with Crippen molar-refractivity contribution in [2.45, 2.75) is 11.8 Å². The van der Waals surface area contributed by atoms with Crippen LogP contribution in [0.2, 0.25) is 5.02 Å². The van der Waals surface area contributed by atoms with Crippen molar-refractivity contribution in [3.63, 3.8) is 0 Å². The second-order valence-corrected chi connectivity index (χ2v) is 7.06. The van der Waals surface area contributed by atoms with Crippen LogP contribution in [0.3, 0.4) is 0 Å². The molecule has 122 valence electrons. The number of halogens is 2. The average Bonchev–Trinajstić information content (AvgIpc) is 2.48. The highest BCUT2D eigenvalue weighted by Gasteiger charge is 2.27. The fourth-order valence-electron chi connectivity index (χ4n) is 1.96. The third-order valence-electron chi connectivity index (χ3n) is 3.11. The summed E-state index contributed by atoms with van der Waals surface area (Å²) in [5.41, 5.74) is 0.771. The molecule has 0 heterocycles. The molecule has 0 bridgehead atoms. The summed E-state index contributed by atoms with van der Waals surface area (Å²) in [7, 11) is -4.15. The number of hydrogen-bond acceptors (Lipinski definition) is 3. The smallest absolute Gasteiger partial charge is 0.324 e. The van der Waals surface area contributed by atoms with Crippen LogP contribution in [-0.4, -0.2) is 26.0 Å². The van der Waals surface area contributed by atoms with Crippen molar-refractivity contribution in [3.05, 3.63) is 58.9 Å². The van der Waals surface area contributed by atoms with Gasteiger partial charge in [0.15, 0.2) is 0 Å². The standard InChI is InChI=1S/C15H13ClFNO4S/c1-10-8-12(4-7-14(10)16)18(9-15(19)20)23(21,22)13-5-2-11(17)3-6-13/h2-8H,9H2,1H3,(H,19,20). The van der Waals surface area contributed by atoms with Gasteiger partial charge in [0.2, 0.25) is 0 Å². The molecule has 0 aromatic heterocycles. The number of hydrogen-bond donors (Lipinski definition) is 1. The lowest BCUT2D eigenvalue weighted by Gasteiger charge is -2.23. The van der Waals surface area contributed by atoms with Crippen molar-refractivity contribution in [3.8, 4) is 0 Å². The van der Waals surface area contributed by atoms with Crippen LogP contribution in [0.1, 0.15) is 5.56 Å². The molecular formula is C15H13ClFNO4S. The SMILES string of the molecule is Cc1cc(N(CC(=O)O)S(=O)(=O)c2ccc(F)cc2)ccc1Cl. The number of sulfonamides is 1. The molecule has 0 unspecified atom stereocenters. The first-order valence-electron chi connectivity index (χ1n) is 6.48. The summed E-state index contributed by atoms with van der Waals surface area (Å²) in [6.45, 7) is 0.913. The monoisotopic (exact) mass is 357 g/mol. The van der Waals surface area contributed by atoms with E-state index in [1.807, 2.05) is 0 Å². The van der Waals surface area contributed by atoms with Gasteiger partial charge in [-0.05, 0) is 55.0 Å². The van der Waals surface area contributed by atoms with Crippen LogP contribution in [0.15, 0.2) is 47.4 Å². The minimum Gasteiger partial charge on any atom is -0.480 e. The highest BCUT2D eigenvalue weighted by molar-refractivity contribution is 7.92. The fraction of sp³-hybridized carbons (Fsp3) is 0.133. The first kappa shape index (κ1) is 17.2. The molecule has 8 heteroatoms. The van der Waals surface area contributed by atoms with Crippen LogP contribution in [-0.2, 0) is 14.8 Å². The van der Waals surface area contributed by atoms with E-state index in [0.717, 1.165) is 28.6 Å². The van der Waals surface area contributed by atoms with Gasteiger partial charge < -0.3 is 5.11 Å². The predicted octanol–water partition coefficient (Wildman–Crippen LogP) is 3.07. The first-order valence-corrected chi connectivity index (χ1v) is 8.30. The van der Waals surface area contributed by atoms with E-state index in [0.29, 0.717) is 10.6 Å². The van der Waals surface area contributed by atoms with Crippen molar-refractivity contribution in [2.24, 2.45) is 0 Å². The van der Waals surface area contributed by atoms with Crippen LogP contribution < -0.4 is 4.31 Å². The molecular weight excluding hydrogens is 345 g/mol. The minimum atomic E-state index is -4.15. The molecule has 0 saturated heterocycles. The molecule has 0 amide bonds. The second kappa shape index (κ2) is 6.55. The van der Waals surface area contributed by atoms with Crippen LogP contribution in [0, 0.1) is 12.7 Å². The van der Waals surface area contributed by atoms with Gasteiger partial charge in [-0.1, -0.05) is 11.6 Å². The van der Waals surface area contributed by atoms with Gasteiger partial charge >= 0.3 is 5.97 Å². The highest BCUT2D eigenvalue weighted by Crippen LogP contribution is 2.27. The van der Waals surface area contributed by atoms with Gasteiger partial charge in [0.1, 0.15) is 12.4 Å². The Morgan fingerprint density at radius 3 is 2.35 bits per heavy atom. The van der Waals surface area contributed by atoms with Gasteiger partial charge in [0, 0.05) is 5.02 Å². The summed E-state index contributed by atoms with van der Waals surface area (Å²) in [6, 6.07) is 8.55. The third kappa shape index (κ3) is 3.80. The molecule has 0 atom stereocenters. The summed E-state index contributed by atoms with van der Waals surface area (Å²) < 4.78 is 39.1. The Bertz CT molecular complexity index is 837. The molecule has 2 aromatic rings. The Labute approximate surface area is 138 Å². The molecule has 2 aromatic carbocycles. The molecule has 0 aliphatic heterocycles. The van der Waals surface area contributed by atoms with Gasteiger partial charge in [-0.2, -0.15) is 0 Å². The van der Waals surface area contributed by atoms with Crippen LogP contribution in [0.5, 0.6) is 0 Å². The number of rotatable bonds is 5. The lowest BCUT2D eigenvalue weighted by molar-refractivity contribution is -0.135. The number of nitrogens with zero attached hydrogens (tertiary/aromatic N) is 1. The van der Waals surface area contributed by atoms with E-state index in [9.17, 15) is 17.6 Å². The quantitative estimate of drug-likeness (QED) is 0.892. The van der Waals surface area contributed by atoms with Gasteiger partial charge in [0.25, 0.3) is 10.0 Å². The normalized spacial score (nSPS) is 11.3. The number of aryl methyl sites for hydroxylation is 1. The Hall–Kier alpha value is -2.12. The Morgan fingerprint density at radius 1 is 1.22 bits per heavy atom. The molecule has 0 aliphatic carbocycles. The van der Waals surface area contributed by atoms with E-state index >= 15 is 0 Å². The summed E-state index contributed by atoms with van der Waals surface area (Å²) in [5, 5.41) is 9.46. The predicted molar refractivity (Wildman–Crippen MR) is 84.8 cm³/mol. The van der Waals surface area contributed by atoms with Crippen molar-refractivity contribution >= 4 is 33.3 Å². The van der Waals surface area contributed by atoms with E-state index in [1.165, 1.54) is 18.2 Å². The second-order valence-electron chi connectivity index (χ2n) is 4.79. The van der Waals surface area contributed by atoms with Crippen LogP contribution in [0.4, 0.5) is 10.1 Å². The summed E-state index contributed by atoms with van der Waals surface area (Å²) >= 11 is 5.91. The van der Waals surface area contributed by atoms with Crippen LogP contribution >= 0.6 is 11.6 Å². The summed E-state index contributed by atoms with van der Waals surface area (Å²) in [6.07, 6.45) is 0. The van der Waals surface area contributed by atoms with E-state index in [-0.39, 0.29) is 10.6 Å². The highest BCUT2D eigenvalue weighted by atomic mass is 35.5. The average molecular weight is 358 g/mol. The fourth-order valence-corrected chi connectivity index (χ4v) is 3.48. The number of carbonyl (C=O) groups is 1. The number of carboxylic acids is 1. The topological polar surface area (TPSA) is 74.7 Å². The Morgan fingerprint density at radius 2 is 1.83 bits per heavy atom. The van der Waals surface area contributed by atoms with Crippen molar-refractivity contribution in [1.82, 2.24) is 0 Å². The van der Waals surface area contributed by atoms with Gasteiger partial charge in [0.05, 0.1) is 10.6 Å². The van der Waals surface area contributed by atoms with Crippen LogP contribution in [0.25, 0.3) is 0 Å². The zero-order valence-electron chi connectivity index (χ0n) is 12.0. The Kier molecular flexibility index (Phi) is 4.91. The molecule has 5 nitrogen and oxygen atoms in total. The molecule has 0 spiro atoms. The van der Waals surface area contributed by atoms with Gasteiger partial charge in [-0.15, -0.1) is 0 Å². The summed E-state index contributed by atoms with van der Waals surface area (Å²) in [4.78, 5) is 10.9. The van der Waals surface area contributed by atoms with E-state index in [2.05, 4.69) is 0 Å². The number of carboxylic acid groups (broad SMARTS) is 1. The molecule has 0 aliphatic rings. The first-order chi connectivity index (χ1) is 10.7. The third-order valence-corrected chi connectivity index (χ3v) is 5.32. The molecule has 0 saturated carbocycles. The lowest BCUT2D eigenvalue weighted by atomic mass is 10.2. The molecule has 2 rings (SSSR count). The zero-order chi connectivity index (χ0) is 17.2. The largest absolute Gasteiger partial charge is 0.480 e. The zero-order valence-corrected chi connectivity index (χ0v) is 13.6. The summed E-state index contributed by atoms with van der Waals surface area (Å²) in [5.74, 6) is -1.90. The molecule has 23 heavy (non-hydrogen) atoms. The Balaban J connectivity index is 2.55. The molecule has 1 N–H and O–H groups in total. The van der Waals surface area contributed by atoms with Gasteiger partial charge in [-0.3, -0.25) is 9.10 Å². The maximum Gasteiger partial charge on any atom is 0.324 e. The number of anilines is 1. The van der Waals surface area contributed by atoms with Crippen molar-refractivity contribution in [1.29, 1.82) is 0 Å². The van der Waals surface area contributed by atoms with E-state index in [1.54, 1.807) is 6.92 Å². The van der Waals surface area contributed by atoms with E-state index in [4.69, 9.17) is 16.7 Å². The molecule has 0 radical (unpaired) electrons.